The van der Waals surface area contributed by atoms with Crippen molar-refractivity contribution >= 4 is 5.91 Å². The van der Waals surface area contributed by atoms with Crippen molar-refractivity contribution in [2.24, 2.45) is 0 Å². The number of aliphatic hydroxyl groups excluding tert-OH is 1. The van der Waals surface area contributed by atoms with E-state index in [1.807, 2.05) is 25.1 Å². The molecule has 1 aromatic heterocycles. The molecule has 1 aliphatic rings. The highest BCUT2D eigenvalue weighted by atomic mass is 16.5. The van der Waals surface area contributed by atoms with Crippen LogP contribution < -0.4 is 5.32 Å². The summed E-state index contributed by atoms with van der Waals surface area (Å²) in [5, 5.41) is 16.9. The molecular weight excluding hydrogens is 354 g/mol. The molecule has 0 spiro atoms. The van der Waals surface area contributed by atoms with Crippen LogP contribution in [0.15, 0.2) is 47.0 Å². The Balaban J connectivity index is 1.52. The second-order valence-corrected chi connectivity index (χ2v) is 7.15. The number of carbonyl (C=O) groups excluding carboxylic acids is 1. The first-order chi connectivity index (χ1) is 13.5. The molecule has 2 atom stereocenters. The van der Waals surface area contributed by atoms with Gasteiger partial charge in [0.2, 0.25) is 11.7 Å². The number of aryl methyl sites for hydroxylation is 2. The van der Waals surface area contributed by atoms with Crippen molar-refractivity contribution < 1.29 is 14.4 Å². The summed E-state index contributed by atoms with van der Waals surface area (Å²) in [6.45, 7) is 3.67. The molecule has 6 nitrogen and oxygen atoms in total. The molecule has 0 radical (unpaired) electrons. The van der Waals surface area contributed by atoms with Crippen LogP contribution in [0.5, 0.6) is 0 Å². The first kappa shape index (κ1) is 18.4. The molecule has 28 heavy (non-hydrogen) atoms. The molecule has 0 bridgehead atoms. The van der Waals surface area contributed by atoms with Gasteiger partial charge in [0.25, 0.3) is 5.91 Å². The number of hydrogen-bond acceptors (Lipinski definition) is 5. The summed E-state index contributed by atoms with van der Waals surface area (Å²) in [5.41, 5.74) is 4.54. The fraction of sp³-hybridized carbons (Fsp3) is 0.318. The van der Waals surface area contributed by atoms with E-state index in [1.54, 1.807) is 25.1 Å². The summed E-state index contributed by atoms with van der Waals surface area (Å²) in [5.74, 6) is 1.09. The summed E-state index contributed by atoms with van der Waals surface area (Å²) < 4.78 is 5.20. The average Bonchev–Trinajstić information content (AvgIpc) is 3.35. The monoisotopic (exact) mass is 377 g/mol. The maximum atomic E-state index is 12.7. The lowest BCUT2D eigenvalue weighted by molar-refractivity contribution is 0.0936. The molecule has 2 aromatic carbocycles. The fourth-order valence-corrected chi connectivity index (χ4v) is 3.60. The number of amides is 1. The van der Waals surface area contributed by atoms with Crippen LogP contribution in [0.25, 0.3) is 11.4 Å². The number of hydrogen-bond donors (Lipinski definition) is 2. The summed E-state index contributed by atoms with van der Waals surface area (Å²) in [7, 11) is 0. The van der Waals surface area contributed by atoms with Crippen molar-refractivity contribution in [1.29, 1.82) is 0 Å². The van der Waals surface area contributed by atoms with Crippen LogP contribution in [0, 0.1) is 0 Å². The van der Waals surface area contributed by atoms with Crippen molar-refractivity contribution in [3.8, 4) is 11.4 Å². The Kier molecular flexibility index (Phi) is 4.96. The second kappa shape index (κ2) is 7.56. The zero-order chi connectivity index (χ0) is 19.7. The Labute approximate surface area is 163 Å². The molecule has 1 heterocycles. The van der Waals surface area contributed by atoms with Gasteiger partial charge >= 0.3 is 0 Å². The van der Waals surface area contributed by atoms with Crippen LogP contribution in [0.3, 0.4) is 0 Å². The maximum absolute atomic E-state index is 12.7. The van der Waals surface area contributed by atoms with Crippen molar-refractivity contribution in [3.63, 3.8) is 0 Å². The van der Waals surface area contributed by atoms with Crippen LogP contribution in [-0.4, -0.2) is 21.2 Å². The minimum Gasteiger partial charge on any atom is -0.389 e. The molecule has 0 saturated heterocycles. The maximum Gasteiger partial charge on any atom is 0.251 e. The predicted octanol–water partition coefficient (Wildman–Crippen LogP) is 3.77. The molecule has 0 aliphatic heterocycles. The zero-order valence-corrected chi connectivity index (χ0v) is 16.0. The summed E-state index contributed by atoms with van der Waals surface area (Å²) in [6.07, 6.45) is 1.85. The highest BCUT2D eigenvalue weighted by molar-refractivity contribution is 5.94. The first-order valence-corrected chi connectivity index (χ1v) is 9.60. The van der Waals surface area contributed by atoms with E-state index in [4.69, 9.17) is 4.52 Å². The van der Waals surface area contributed by atoms with Crippen LogP contribution in [0.4, 0.5) is 0 Å². The lowest BCUT2D eigenvalue weighted by Gasteiger charge is -2.15. The number of benzene rings is 2. The van der Waals surface area contributed by atoms with E-state index in [2.05, 4.69) is 21.5 Å². The number of rotatable bonds is 5. The fourth-order valence-electron chi connectivity index (χ4n) is 3.60. The van der Waals surface area contributed by atoms with Gasteiger partial charge in [-0.3, -0.25) is 4.79 Å². The zero-order valence-electron chi connectivity index (χ0n) is 16.0. The van der Waals surface area contributed by atoms with Gasteiger partial charge in [0.05, 0.1) is 12.1 Å². The minimum atomic E-state index is -0.600. The van der Waals surface area contributed by atoms with Crippen LogP contribution in [0.1, 0.15) is 65.4 Å². The summed E-state index contributed by atoms with van der Waals surface area (Å²) in [6, 6.07) is 13.2. The second-order valence-electron chi connectivity index (χ2n) is 7.15. The van der Waals surface area contributed by atoms with E-state index in [0.29, 0.717) is 23.7 Å². The van der Waals surface area contributed by atoms with Crippen molar-refractivity contribution in [2.45, 2.75) is 45.3 Å². The molecule has 1 aliphatic carbocycles. The van der Waals surface area contributed by atoms with Crippen molar-refractivity contribution in [1.82, 2.24) is 15.5 Å². The molecule has 3 aromatic rings. The molecule has 6 heteroatoms. The van der Waals surface area contributed by atoms with Gasteiger partial charge in [0, 0.05) is 17.5 Å². The molecule has 1 amide bonds. The smallest absolute Gasteiger partial charge is 0.251 e. The molecule has 4 rings (SSSR count). The first-order valence-electron chi connectivity index (χ1n) is 9.60. The van der Waals surface area contributed by atoms with Crippen molar-refractivity contribution in [3.05, 3.63) is 70.6 Å². The van der Waals surface area contributed by atoms with Gasteiger partial charge in [0.15, 0.2) is 0 Å². The number of nitrogens with zero attached hydrogens (tertiary/aromatic N) is 2. The predicted molar refractivity (Wildman–Crippen MR) is 105 cm³/mol. The molecule has 144 valence electrons. The van der Waals surface area contributed by atoms with Gasteiger partial charge in [-0.2, -0.15) is 4.98 Å². The van der Waals surface area contributed by atoms with Gasteiger partial charge in [0.1, 0.15) is 0 Å². The van der Waals surface area contributed by atoms with Crippen LogP contribution in [-0.2, 0) is 12.8 Å². The quantitative estimate of drug-likeness (QED) is 0.707. The van der Waals surface area contributed by atoms with Crippen LogP contribution >= 0.6 is 0 Å². The normalized spacial score (nSPS) is 16.6. The minimum absolute atomic E-state index is 0.0248. The third-order valence-electron chi connectivity index (χ3n) is 5.19. The van der Waals surface area contributed by atoms with Crippen molar-refractivity contribution in [2.75, 3.05) is 0 Å². The summed E-state index contributed by atoms with van der Waals surface area (Å²) >= 11 is 0. The molecule has 0 fully saturated rings. The SMILES string of the molecule is CCc1nc(-c2ccc3c(c2)CC[C@H]3NC(=O)c2cccc(C(C)O)c2)no1. The number of nitrogens with one attached hydrogen (secondary N) is 1. The Bertz CT molecular complexity index is 1010. The lowest BCUT2D eigenvalue weighted by atomic mass is 10.0. The van der Waals surface area contributed by atoms with E-state index in [-0.39, 0.29) is 11.9 Å². The van der Waals surface area contributed by atoms with E-state index >= 15 is 0 Å². The van der Waals surface area contributed by atoms with E-state index in [1.165, 1.54) is 5.56 Å². The number of aromatic nitrogens is 2. The van der Waals surface area contributed by atoms with E-state index < -0.39 is 6.10 Å². The highest BCUT2D eigenvalue weighted by Gasteiger charge is 2.25. The largest absolute Gasteiger partial charge is 0.389 e. The Hall–Kier alpha value is -2.99. The number of carbonyl (C=O) groups is 1. The molecule has 2 N–H and O–H groups in total. The Morgan fingerprint density at radius 2 is 2.18 bits per heavy atom. The third-order valence-corrected chi connectivity index (χ3v) is 5.19. The molecular formula is C22H23N3O3. The van der Waals surface area contributed by atoms with Gasteiger partial charge in [-0.25, -0.2) is 0 Å². The highest BCUT2D eigenvalue weighted by Crippen LogP contribution is 2.34. The van der Waals surface area contributed by atoms with Gasteiger partial charge in [-0.05, 0) is 54.7 Å². The number of fused-ring (bicyclic) bond motifs is 1. The Morgan fingerprint density at radius 3 is 2.93 bits per heavy atom. The standard InChI is InChI=1S/C22H23N3O3/c1-3-20-24-21(25-28-20)16-7-9-18-15(12-16)8-10-19(18)23-22(27)17-6-4-5-14(11-17)13(2)26/h4-7,9,11-13,19,26H,3,8,10H2,1-2H3,(H,23,27)/t13?,19-/m1/s1. The molecule has 0 saturated carbocycles. The van der Waals surface area contributed by atoms with Gasteiger partial charge in [-0.15, -0.1) is 0 Å². The van der Waals surface area contributed by atoms with E-state index in [0.717, 1.165) is 29.5 Å². The average molecular weight is 377 g/mol. The molecule has 1 unspecified atom stereocenters. The topological polar surface area (TPSA) is 88.2 Å². The lowest BCUT2D eigenvalue weighted by Crippen LogP contribution is -2.27. The summed E-state index contributed by atoms with van der Waals surface area (Å²) in [4.78, 5) is 17.1. The Morgan fingerprint density at radius 1 is 1.32 bits per heavy atom. The van der Waals surface area contributed by atoms with Crippen LogP contribution in [0.2, 0.25) is 0 Å². The number of aliphatic hydroxyl groups is 1. The van der Waals surface area contributed by atoms with Gasteiger partial charge in [-0.1, -0.05) is 36.3 Å². The van der Waals surface area contributed by atoms with E-state index in [9.17, 15) is 9.90 Å². The third kappa shape index (κ3) is 3.55. The van der Waals surface area contributed by atoms with Gasteiger partial charge < -0.3 is 14.9 Å².